The molecular weight excluding hydrogens is 316 g/mol. The van der Waals surface area contributed by atoms with Gasteiger partial charge in [-0.15, -0.1) is 0 Å². The monoisotopic (exact) mass is 338 g/mol. The summed E-state index contributed by atoms with van der Waals surface area (Å²) in [6.45, 7) is 4.34. The molecule has 0 spiro atoms. The minimum atomic E-state index is -0.217. The fourth-order valence-electron chi connectivity index (χ4n) is 3.23. The van der Waals surface area contributed by atoms with E-state index in [1.807, 2.05) is 29.2 Å². The summed E-state index contributed by atoms with van der Waals surface area (Å²) in [6.07, 6.45) is 1.70. The molecule has 2 aliphatic rings. The number of halogens is 1. The Morgan fingerprint density at radius 1 is 1.09 bits per heavy atom. The maximum Gasteiger partial charge on any atom is 0.236 e. The van der Waals surface area contributed by atoms with Crippen molar-refractivity contribution in [3.05, 3.63) is 34.9 Å². The SMILES string of the molecule is O=C(CNC1(c2ccc(Cl)cc2)CCOCC1)N1CCOCC1. The van der Waals surface area contributed by atoms with Gasteiger partial charge in [0.05, 0.1) is 19.8 Å². The van der Waals surface area contributed by atoms with Crippen molar-refractivity contribution < 1.29 is 14.3 Å². The van der Waals surface area contributed by atoms with E-state index in [4.69, 9.17) is 21.1 Å². The summed E-state index contributed by atoms with van der Waals surface area (Å²) in [6, 6.07) is 7.89. The normalized spacial score (nSPS) is 21.2. The zero-order chi connectivity index (χ0) is 16.1. The Bertz CT molecular complexity index is 523. The van der Waals surface area contributed by atoms with Crippen LogP contribution in [0.15, 0.2) is 24.3 Å². The first-order chi connectivity index (χ1) is 11.2. The third-order valence-electron chi connectivity index (χ3n) is 4.68. The Labute approximate surface area is 141 Å². The standard InChI is InChI=1S/C17H23ClN2O3/c18-15-3-1-14(2-4-15)17(5-9-22-10-6-17)19-13-16(21)20-7-11-23-12-8-20/h1-4,19H,5-13H2. The second-order valence-electron chi connectivity index (χ2n) is 6.05. The summed E-state index contributed by atoms with van der Waals surface area (Å²) in [7, 11) is 0. The Morgan fingerprint density at radius 3 is 2.35 bits per heavy atom. The van der Waals surface area contributed by atoms with Crippen LogP contribution in [0.4, 0.5) is 0 Å². The third kappa shape index (κ3) is 4.04. The van der Waals surface area contributed by atoms with E-state index < -0.39 is 0 Å². The molecule has 2 aliphatic heterocycles. The largest absolute Gasteiger partial charge is 0.381 e. The van der Waals surface area contributed by atoms with Gasteiger partial charge in [-0.25, -0.2) is 0 Å². The van der Waals surface area contributed by atoms with Crippen LogP contribution in [-0.2, 0) is 19.8 Å². The zero-order valence-corrected chi connectivity index (χ0v) is 14.0. The summed E-state index contributed by atoms with van der Waals surface area (Å²) in [5.74, 6) is 0.133. The number of carbonyl (C=O) groups excluding carboxylic acids is 1. The molecule has 2 heterocycles. The van der Waals surface area contributed by atoms with Crippen LogP contribution >= 0.6 is 11.6 Å². The maximum absolute atomic E-state index is 12.4. The molecule has 0 saturated carbocycles. The van der Waals surface area contributed by atoms with E-state index in [1.54, 1.807) is 0 Å². The number of nitrogens with one attached hydrogen (secondary N) is 1. The van der Waals surface area contributed by atoms with Crippen LogP contribution in [-0.4, -0.2) is 56.9 Å². The van der Waals surface area contributed by atoms with Gasteiger partial charge >= 0.3 is 0 Å². The molecule has 6 heteroatoms. The molecule has 2 saturated heterocycles. The summed E-state index contributed by atoms with van der Waals surface area (Å²) in [5, 5.41) is 4.24. The Hall–Kier alpha value is -1.14. The molecule has 126 valence electrons. The smallest absolute Gasteiger partial charge is 0.236 e. The average molecular weight is 339 g/mol. The number of hydrogen-bond donors (Lipinski definition) is 1. The van der Waals surface area contributed by atoms with Gasteiger partial charge in [-0.05, 0) is 30.5 Å². The molecule has 0 bridgehead atoms. The number of ether oxygens (including phenoxy) is 2. The first-order valence-corrected chi connectivity index (χ1v) is 8.52. The predicted molar refractivity (Wildman–Crippen MR) is 88.6 cm³/mol. The van der Waals surface area contributed by atoms with Gasteiger partial charge in [-0.2, -0.15) is 0 Å². The van der Waals surface area contributed by atoms with Crippen LogP contribution in [0.2, 0.25) is 5.02 Å². The highest BCUT2D eigenvalue weighted by molar-refractivity contribution is 6.30. The molecule has 0 aliphatic carbocycles. The number of nitrogens with zero attached hydrogens (tertiary/aromatic N) is 1. The third-order valence-corrected chi connectivity index (χ3v) is 4.94. The first-order valence-electron chi connectivity index (χ1n) is 8.14. The number of hydrogen-bond acceptors (Lipinski definition) is 4. The van der Waals surface area contributed by atoms with E-state index in [1.165, 1.54) is 5.56 Å². The zero-order valence-electron chi connectivity index (χ0n) is 13.2. The summed E-state index contributed by atoms with van der Waals surface area (Å²) in [5.41, 5.74) is 0.949. The van der Waals surface area contributed by atoms with E-state index in [0.717, 1.165) is 17.9 Å². The van der Waals surface area contributed by atoms with Crippen LogP contribution in [0.1, 0.15) is 18.4 Å². The molecular formula is C17H23ClN2O3. The molecule has 0 aromatic heterocycles. The molecule has 5 nitrogen and oxygen atoms in total. The van der Waals surface area contributed by atoms with Gasteiger partial charge < -0.3 is 14.4 Å². The van der Waals surface area contributed by atoms with Crippen molar-refractivity contribution in [1.29, 1.82) is 0 Å². The van der Waals surface area contributed by atoms with Gasteiger partial charge in [-0.3, -0.25) is 10.1 Å². The average Bonchev–Trinajstić information content (AvgIpc) is 2.62. The van der Waals surface area contributed by atoms with E-state index in [0.29, 0.717) is 46.1 Å². The highest BCUT2D eigenvalue weighted by atomic mass is 35.5. The molecule has 1 aromatic carbocycles. The number of morpholine rings is 1. The lowest BCUT2D eigenvalue weighted by Crippen LogP contribution is -2.52. The minimum Gasteiger partial charge on any atom is -0.381 e. The molecule has 3 rings (SSSR count). The topological polar surface area (TPSA) is 50.8 Å². The van der Waals surface area contributed by atoms with E-state index in [-0.39, 0.29) is 11.4 Å². The predicted octanol–water partition coefficient (Wildman–Crippen LogP) is 1.79. The highest BCUT2D eigenvalue weighted by Crippen LogP contribution is 2.32. The van der Waals surface area contributed by atoms with Crippen LogP contribution in [0, 0.1) is 0 Å². The van der Waals surface area contributed by atoms with Crippen molar-refractivity contribution >= 4 is 17.5 Å². The van der Waals surface area contributed by atoms with Gasteiger partial charge in [0.15, 0.2) is 0 Å². The summed E-state index contributed by atoms with van der Waals surface area (Å²) >= 11 is 6.01. The van der Waals surface area contributed by atoms with E-state index in [9.17, 15) is 4.79 Å². The molecule has 2 fully saturated rings. The highest BCUT2D eigenvalue weighted by Gasteiger charge is 2.35. The molecule has 0 atom stereocenters. The van der Waals surface area contributed by atoms with Gasteiger partial charge in [0.1, 0.15) is 0 Å². The molecule has 0 unspecified atom stereocenters. The van der Waals surface area contributed by atoms with Crippen LogP contribution in [0.25, 0.3) is 0 Å². The second kappa shape index (κ2) is 7.62. The molecule has 1 amide bonds. The minimum absolute atomic E-state index is 0.133. The van der Waals surface area contributed by atoms with Crippen LogP contribution in [0.3, 0.4) is 0 Å². The van der Waals surface area contributed by atoms with Gasteiger partial charge in [0.25, 0.3) is 0 Å². The fraction of sp³-hybridized carbons (Fsp3) is 0.588. The van der Waals surface area contributed by atoms with Crippen LogP contribution < -0.4 is 5.32 Å². The first kappa shape index (κ1) is 16.7. The Kier molecular flexibility index (Phi) is 5.54. The number of carbonyl (C=O) groups is 1. The van der Waals surface area contributed by atoms with Crippen molar-refractivity contribution in [3.63, 3.8) is 0 Å². The summed E-state index contributed by atoms with van der Waals surface area (Å²) < 4.78 is 10.8. The van der Waals surface area contributed by atoms with Crippen molar-refractivity contribution in [1.82, 2.24) is 10.2 Å². The Morgan fingerprint density at radius 2 is 1.70 bits per heavy atom. The van der Waals surface area contributed by atoms with Crippen molar-refractivity contribution in [2.45, 2.75) is 18.4 Å². The summed E-state index contributed by atoms with van der Waals surface area (Å²) in [4.78, 5) is 14.3. The molecule has 23 heavy (non-hydrogen) atoms. The number of benzene rings is 1. The van der Waals surface area contributed by atoms with Crippen molar-refractivity contribution in [2.24, 2.45) is 0 Å². The van der Waals surface area contributed by atoms with Gasteiger partial charge in [0, 0.05) is 36.9 Å². The van der Waals surface area contributed by atoms with Crippen LogP contribution in [0.5, 0.6) is 0 Å². The molecule has 0 radical (unpaired) electrons. The lowest BCUT2D eigenvalue weighted by Gasteiger charge is -2.39. The Balaban J connectivity index is 1.69. The number of rotatable bonds is 4. The second-order valence-corrected chi connectivity index (χ2v) is 6.48. The van der Waals surface area contributed by atoms with Crippen molar-refractivity contribution in [3.8, 4) is 0 Å². The van der Waals surface area contributed by atoms with Gasteiger partial charge in [-0.1, -0.05) is 23.7 Å². The fourth-order valence-corrected chi connectivity index (χ4v) is 3.35. The molecule has 1 N–H and O–H groups in total. The lowest BCUT2D eigenvalue weighted by molar-refractivity contribution is -0.135. The lowest BCUT2D eigenvalue weighted by atomic mass is 9.82. The maximum atomic E-state index is 12.4. The quantitative estimate of drug-likeness (QED) is 0.909. The van der Waals surface area contributed by atoms with E-state index >= 15 is 0 Å². The van der Waals surface area contributed by atoms with Gasteiger partial charge in [0.2, 0.25) is 5.91 Å². The number of amides is 1. The van der Waals surface area contributed by atoms with E-state index in [2.05, 4.69) is 5.32 Å². The molecule has 1 aromatic rings. The van der Waals surface area contributed by atoms with Crippen molar-refractivity contribution in [2.75, 3.05) is 46.1 Å².